The van der Waals surface area contributed by atoms with E-state index in [4.69, 9.17) is 4.99 Å². The first-order valence-electron chi connectivity index (χ1n) is 6.17. The maximum Gasteiger partial charge on any atom is 0.161 e. The molecule has 0 radical (unpaired) electrons. The number of amidine groups is 1. The predicted molar refractivity (Wildman–Crippen MR) is 84.0 cm³/mol. The largest absolute Gasteiger partial charge is 0.335 e. The number of benzene rings is 1. The molecule has 1 aromatic heterocycles. The first kappa shape index (κ1) is 12.1. The quantitative estimate of drug-likeness (QED) is 0.832. The van der Waals surface area contributed by atoms with Crippen molar-refractivity contribution in [1.29, 1.82) is 0 Å². The SMILES string of the molecule is CC1CSC(Nc2ccc3sccc3c2)=NC1C. The lowest BCUT2D eigenvalue weighted by molar-refractivity contribution is 0.537. The second kappa shape index (κ2) is 4.94. The van der Waals surface area contributed by atoms with Crippen LogP contribution in [-0.4, -0.2) is 17.0 Å². The van der Waals surface area contributed by atoms with E-state index in [1.165, 1.54) is 10.1 Å². The summed E-state index contributed by atoms with van der Waals surface area (Å²) in [6.07, 6.45) is 0. The Kier molecular flexibility index (Phi) is 3.31. The number of thiophene rings is 1. The molecule has 1 aliphatic rings. The Balaban J connectivity index is 1.81. The number of fused-ring (bicyclic) bond motifs is 1. The zero-order chi connectivity index (χ0) is 12.5. The van der Waals surface area contributed by atoms with E-state index in [0.717, 1.165) is 16.6 Å². The normalized spacial score (nSPS) is 24.0. The highest BCUT2D eigenvalue weighted by molar-refractivity contribution is 8.14. The van der Waals surface area contributed by atoms with Crippen molar-refractivity contribution in [2.24, 2.45) is 10.9 Å². The van der Waals surface area contributed by atoms with Crippen molar-refractivity contribution in [3.05, 3.63) is 29.6 Å². The van der Waals surface area contributed by atoms with Gasteiger partial charge in [0.15, 0.2) is 5.17 Å². The number of thioether (sulfide) groups is 1. The highest BCUT2D eigenvalue weighted by Gasteiger charge is 2.19. The molecule has 18 heavy (non-hydrogen) atoms. The number of rotatable bonds is 1. The van der Waals surface area contributed by atoms with Crippen LogP contribution in [0.3, 0.4) is 0 Å². The predicted octanol–water partition coefficient (Wildman–Crippen LogP) is 4.44. The molecule has 0 saturated carbocycles. The minimum absolute atomic E-state index is 0.415. The van der Waals surface area contributed by atoms with Crippen molar-refractivity contribution in [2.75, 3.05) is 11.1 Å². The Labute approximate surface area is 116 Å². The summed E-state index contributed by atoms with van der Waals surface area (Å²) in [7, 11) is 0. The summed E-state index contributed by atoms with van der Waals surface area (Å²) in [5.74, 6) is 1.81. The van der Waals surface area contributed by atoms with Crippen LogP contribution in [0.4, 0.5) is 5.69 Å². The van der Waals surface area contributed by atoms with Gasteiger partial charge in [0.25, 0.3) is 0 Å². The molecule has 1 aliphatic heterocycles. The van der Waals surface area contributed by atoms with Crippen molar-refractivity contribution in [2.45, 2.75) is 19.9 Å². The average molecular weight is 276 g/mol. The number of hydrogen-bond donors (Lipinski definition) is 1. The van der Waals surface area contributed by atoms with Crippen molar-refractivity contribution < 1.29 is 0 Å². The molecule has 0 fully saturated rings. The van der Waals surface area contributed by atoms with E-state index in [1.807, 2.05) is 11.8 Å². The Morgan fingerprint density at radius 2 is 2.17 bits per heavy atom. The maximum absolute atomic E-state index is 4.70. The lowest BCUT2D eigenvalue weighted by Gasteiger charge is -2.23. The van der Waals surface area contributed by atoms with Crippen LogP contribution >= 0.6 is 23.1 Å². The summed E-state index contributed by atoms with van der Waals surface area (Å²) in [4.78, 5) is 4.70. The van der Waals surface area contributed by atoms with E-state index in [-0.39, 0.29) is 0 Å². The van der Waals surface area contributed by atoms with Crippen LogP contribution < -0.4 is 5.32 Å². The highest BCUT2D eigenvalue weighted by atomic mass is 32.2. The number of nitrogens with one attached hydrogen (secondary N) is 1. The minimum Gasteiger partial charge on any atom is -0.335 e. The Hall–Kier alpha value is -1.00. The molecular weight excluding hydrogens is 260 g/mol. The van der Waals surface area contributed by atoms with Crippen LogP contribution in [0.5, 0.6) is 0 Å². The zero-order valence-corrected chi connectivity index (χ0v) is 12.1. The molecule has 2 nitrogen and oxygen atoms in total. The van der Waals surface area contributed by atoms with Crippen LogP contribution in [0.25, 0.3) is 10.1 Å². The fourth-order valence-corrected chi connectivity index (χ4v) is 3.84. The fourth-order valence-electron chi connectivity index (χ4n) is 1.94. The van der Waals surface area contributed by atoms with E-state index in [9.17, 15) is 0 Å². The van der Waals surface area contributed by atoms with Gasteiger partial charge in [-0.25, -0.2) is 0 Å². The summed E-state index contributed by atoms with van der Waals surface area (Å²) >= 11 is 3.60. The van der Waals surface area contributed by atoms with Crippen LogP contribution in [-0.2, 0) is 0 Å². The Morgan fingerprint density at radius 3 is 3.00 bits per heavy atom. The van der Waals surface area contributed by atoms with Gasteiger partial charge in [-0.05, 0) is 47.9 Å². The van der Waals surface area contributed by atoms with Crippen molar-refractivity contribution in [3.63, 3.8) is 0 Å². The van der Waals surface area contributed by atoms with Crippen LogP contribution in [0.1, 0.15) is 13.8 Å². The lowest BCUT2D eigenvalue weighted by atomic mass is 10.1. The van der Waals surface area contributed by atoms with Gasteiger partial charge in [-0.1, -0.05) is 18.7 Å². The van der Waals surface area contributed by atoms with Gasteiger partial charge in [0, 0.05) is 16.1 Å². The third kappa shape index (κ3) is 2.40. The van der Waals surface area contributed by atoms with E-state index in [2.05, 4.69) is 48.8 Å². The van der Waals surface area contributed by atoms with Gasteiger partial charge in [-0.3, -0.25) is 4.99 Å². The van der Waals surface area contributed by atoms with Gasteiger partial charge in [0.05, 0.1) is 6.04 Å². The number of nitrogens with zero attached hydrogens (tertiary/aromatic N) is 1. The summed E-state index contributed by atoms with van der Waals surface area (Å²) in [6, 6.07) is 9.06. The zero-order valence-electron chi connectivity index (χ0n) is 10.5. The first-order chi connectivity index (χ1) is 8.72. The molecule has 3 rings (SSSR count). The molecule has 1 aromatic carbocycles. The van der Waals surface area contributed by atoms with Crippen molar-refractivity contribution in [3.8, 4) is 0 Å². The van der Waals surface area contributed by atoms with E-state index in [0.29, 0.717) is 12.0 Å². The van der Waals surface area contributed by atoms with Gasteiger partial charge in [-0.15, -0.1) is 11.3 Å². The smallest absolute Gasteiger partial charge is 0.161 e. The Bertz CT molecular complexity index is 588. The number of aliphatic imine (C=N–C) groups is 1. The van der Waals surface area contributed by atoms with E-state index >= 15 is 0 Å². The molecule has 2 unspecified atom stereocenters. The van der Waals surface area contributed by atoms with Crippen molar-refractivity contribution in [1.82, 2.24) is 0 Å². The fraction of sp³-hybridized carbons (Fsp3) is 0.357. The molecule has 0 saturated heterocycles. The summed E-state index contributed by atoms with van der Waals surface area (Å²) in [5, 5.41) is 7.91. The molecule has 2 aromatic rings. The third-order valence-electron chi connectivity index (χ3n) is 3.33. The molecule has 0 aliphatic carbocycles. The standard InChI is InChI=1S/C14H16N2S2/c1-9-8-18-14(15-10(9)2)16-12-3-4-13-11(7-12)5-6-17-13/h3-7,9-10H,8H2,1-2H3,(H,15,16). The number of anilines is 1. The topological polar surface area (TPSA) is 24.4 Å². The summed E-state index contributed by atoms with van der Waals surface area (Å²) in [5.41, 5.74) is 1.13. The van der Waals surface area contributed by atoms with Crippen LogP contribution in [0.2, 0.25) is 0 Å². The third-order valence-corrected chi connectivity index (χ3v) is 5.40. The van der Waals surface area contributed by atoms with Gasteiger partial charge >= 0.3 is 0 Å². The molecule has 2 heterocycles. The molecule has 2 atom stereocenters. The highest BCUT2D eigenvalue weighted by Crippen LogP contribution is 2.27. The minimum atomic E-state index is 0.415. The van der Waals surface area contributed by atoms with E-state index in [1.54, 1.807) is 11.3 Å². The summed E-state index contributed by atoms with van der Waals surface area (Å²) < 4.78 is 1.33. The Morgan fingerprint density at radius 1 is 1.28 bits per heavy atom. The molecule has 0 amide bonds. The van der Waals surface area contributed by atoms with Gasteiger partial charge in [0.1, 0.15) is 0 Å². The molecule has 1 N–H and O–H groups in total. The molecule has 94 valence electrons. The molecular formula is C14H16N2S2. The van der Waals surface area contributed by atoms with E-state index < -0.39 is 0 Å². The summed E-state index contributed by atoms with van der Waals surface area (Å²) in [6.45, 7) is 4.45. The van der Waals surface area contributed by atoms with Crippen LogP contribution in [0, 0.1) is 5.92 Å². The number of hydrogen-bond acceptors (Lipinski definition) is 4. The van der Waals surface area contributed by atoms with Gasteiger partial charge in [-0.2, -0.15) is 0 Å². The first-order valence-corrected chi connectivity index (χ1v) is 8.04. The van der Waals surface area contributed by atoms with Crippen LogP contribution in [0.15, 0.2) is 34.6 Å². The second-order valence-corrected chi connectivity index (χ2v) is 6.72. The molecule has 0 spiro atoms. The maximum atomic E-state index is 4.70. The van der Waals surface area contributed by atoms with Gasteiger partial charge < -0.3 is 5.32 Å². The monoisotopic (exact) mass is 276 g/mol. The van der Waals surface area contributed by atoms with Gasteiger partial charge in [0.2, 0.25) is 0 Å². The molecule has 4 heteroatoms. The lowest BCUT2D eigenvalue weighted by Crippen LogP contribution is -2.25. The second-order valence-electron chi connectivity index (χ2n) is 4.76. The van der Waals surface area contributed by atoms with Crippen molar-refractivity contribution >= 4 is 44.0 Å². The molecule has 0 bridgehead atoms. The average Bonchev–Trinajstić information content (AvgIpc) is 2.81.